The van der Waals surface area contributed by atoms with Crippen molar-refractivity contribution in [1.29, 1.82) is 0 Å². The first-order chi connectivity index (χ1) is 7.38. The third kappa shape index (κ3) is 2.75. The average Bonchev–Trinajstić information content (AvgIpc) is 2.31. The van der Waals surface area contributed by atoms with Crippen LogP contribution in [-0.4, -0.2) is 7.11 Å². The second-order valence-corrected chi connectivity index (χ2v) is 3.83. The molecule has 2 nitrogen and oxygen atoms in total. The highest BCUT2D eigenvalue weighted by Gasteiger charge is 2.03. The maximum absolute atomic E-state index is 5.18. The quantitative estimate of drug-likeness (QED) is 0.811. The van der Waals surface area contributed by atoms with Crippen molar-refractivity contribution in [2.75, 3.05) is 12.4 Å². The van der Waals surface area contributed by atoms with Gasteiger partial charge in [0.15, 0.2) is 0 Å². The molecule has 1 aromatic rings. The summed E-state index contributed by atoms with van der Waals surface area (Å²) in [6.07, 6.45) is 7.28. The second kappa shape index (κ2) is 4.87. The van der Waals surface area contributed by atoms with Gasteiger partial charge in [0.05, 0.1) is 7.11 Å². The molecule has 0 aliphatic heterocycles. The maximum Gasteiger partial charge on any atom is 0.120 e. The highest BCUT2D eigenvalue weighted by molar-refractivity contribution is 5.52. The molecule has 0 heterocycles. The summed E-state index contributed by atoms with van der Waals surface area (Å²) in [5.41, 5.74) is 2.46. The van der Waals surface area contributed by atoms with Gasteiger partial charge in [0, 0.05) is 17.5 Å². The van der Waals surface area contributed by atoms with Crippen LogP contribution in [-0.2, 0) is 0 Å². The number of rotatable bonds is 3. The van der Waals surface area contributed by atoms with Crippen LogP contribution in [0.4, 0.5) is 5.69 Å². The Kier molecular flexibility index (Phi) is 3.28. The highest BCUT2D eigenvalue weighted by Crippen LogP contribution is 2.22. The Balaban J connectivity index is 2.06. The van der Waals surface area contributed by atoms with E-state index in [1.54, 1.807) is 7.11 Å². The summed E-state index contributed by atoms with van der Waals surface area (Å²) < 4.78 is 5.18. The zero-order valence-electron chi connectivity index (χ0n) is 9.12. The summed E-state index contributed by atoms with van der Waals surface area (Å²) in [6, 6.07) is 8.05. The Labute approximate surface area is 91.0 Å². The fraction of sp³-hybridized carbons (Fsp3) is 0.385. The van der Waals surface area contributed by atoms with Crippen molar-refractivity contribution in [3.8, 4) is 5.75 Å². The summed E-state index contributed by atoms with van der Waals surface area (Å²) in [5, 5.41) is 3.44. The first-order valence-electron chi connectivity index (χ1n) is 5.48. The van der Waals surface area contributed by atoms with Gasteiger partial charge in [-0.15, -0.1) is 0 Å². The molecule has 0 saturated heterocycles. The van der Waals surface area contributed by atoms with Crippen molar-refractivity contribution in [2.24, 2.45) is 0 Å². The number of allylic oxidation sites excluding steroid dienone is 2. The smallest absolute Gasteiger partial charge is 0.120 e. The number of hydrogen-bond donors (Lipinski definition) is 1. The number of hydrogen-bond acceptors (Lipinski definition) is 2. The van der Waals surface area contributed by atoms with Crippen LogP contribution in [0.3, 0.4) is 0 Å². The predicted octanol–water partition coefficient (Wildman–Crippen LogP) is 3.57. The van der Waals surface area contributed by atoms with E-state index >= 15 is 0 Å². The van der Waals surface area contributed by atoms with E-state index in [0.29, 0.717) is 0 Å². The van der Waals surface area contributed by atoms with Crippen molar-refractivity contribution in [1.82, 2.24) is 0 Å². The van der Waals surface area contributed by atoms with Gasteiger partial charge >= 0.3 is 0 Å². The molecule has 0 amide bonds. The van der Waals surface area contributed by atoms with E-state index in [4.69, 9.17) is 4.74 Å². The van der Waals surface area contributed by atoms with Crippen molar-refractivity contribution >= 4 is 5.69 Å². The van der Waals surface area contributed by atoms with Gasteiger partial charge in [-0.05, 0) is 37.8 Å². The fourth-order valence-corrected chi connectivity index (χ4v) is 1.84. The molecule has 0 aromatic heterocycles. The Morgan fingerprint density at radius 3 is 2.93 bits per heavy atom. The van der Waals surface area contributed by atoms with Crippen LogP contribution < -0.4 is 10.1 Å². The standard InChI is InChI=1S/C13H17NO/c1-15-13-9-5-8-12(10-13)14-11-6-3-2-4-7-11/h5-6,8-10,14H,2-4,7H2,1H3. The summed E-state index contributed by atoms with van der Waals surface area (Å²) >= 11 is 0. The van der Waals surface area contributed by atoms with E-state index in [1.807, 2.05) is 18.2 Å². The first-order valence-corrected chi connectivity index (χ1v) is 5.48. The number of anilines is 1. The van der Waals surface area contributed by atoms with Crippen LogP contribution >= 0.6 is 0 Å². The highest BCUT2D eigenvalue weighted by atomic mass is 16.5. The third-order valence-electron chi connectivity index (χ3n) is 2.67. The molecule has 0 atom stereocenters. The lowest BCUT2D eigenvalue weighted by atomic mass is 10.0. The van der Waals surface area contributed by atoms with E-state index in [2.05, 4.69) is 17.5 Å². The Morgan fingerprint density at radius 2 is 2.20 bits per heavy atom. The van der Waals surface area contributed by atoms with Crippen LogP contribution in [0.5, 0.6) is 5.75 Å². The molecule has 15 heavy (non-hydrogen) atoms. The van der Waals surface area contributed by atoms with Gasteiger partial charge in [-0.25, -0.2) is 0 Å². The van der Waals surface area contributed by atoms with Gasteiger partial charge < -0.3 is 10.1 Å². The molecule has 0 bridgehead atoms. The van der Waals surface area contributed by atoms with Gasteiger partial charge in [0.2, 0.25) is 0 Å². The van der Waals surface area contributed by atoms with Crippen molar-refractivity contribution in [2.45, 2.75) is 25.7 Å². The predicted molar refractivity (Wildman–Crippen MR) is 63.2 cm³/mol. The van der Waals surface area contributed by atoms with Gasteiger partial charge in [-0.3, -0.25) is 0 Å². The molecule has 1 aliphatic carbocycles. The Morgan fingerprint density at radius 1 is 1.27 bits per heavy atom. The lowest BCUT2D eigenvalue weighted by molar-refractivity contribution is 0.415. The molecule has 1 aromatic carbocycles. The first kappa shape index (κ1) is 10.1. The molecule has 0 fully saturated rings. The molecule has 0 unspecified atom stereocenters. The lowest BCUT2D eigenvalue weighted by Crippen LogP contribution is -2.03. The van der Waals surface area contributed by atoms with Crippen LogP contribution in [0.2, 0.25) is 0 Å². The molecule has 1 N–H and O–H groups in total. The van der Waals surface area contributed by atoms with Gasteiger partial charge in [0.1, 0.15) is 5.75 Å². The molecule has 80 valence electrons. The molecule has 2 rings (SSSR count). The number of benzene rings is 1. The van der Waals surface area contributed by atoms with E-state index in [-0.39, 0.29) is 0 Å². The van der Waals surface area contributed by atoms with Crippen LogP contribution in [0.1, 0.15) is 25.7 Å². The summed E-state index contributed by atoms with van der Waals surface area (Å²) in [5.74, 6) is 0.899. The Hall–Kier alpha value is -1.44. The van der Waals surface area contributed by atoms with Crippen molar-refractivity contribution in [3.05, 3.63) is 36.0 Å². The molecule has 0 saturated carbocycles. The summed E-state index contributed by atoms with van der Waals surface area (Å²) in [6.45, 7) is 0. The number of methoxy groups -OCH3 is 1. The molecule has 1 aliphatic rings. The van der Waals surface area contributed by atoms with E-state index in [1.165, 1.54) is 25.0 Å². The molecular weight excluding hydrogens is 186 g/mol. The molecule has 2 heteroatoms. The normalized spacial score (nSPS) is 15.7. The van der Waals surface area contributed by atoms with Gasteiger partial charge in [0.25, 0.3) is 0 Å². The second-order valence-electron chi connectivity index (χ2n) is 3.83. The monoisotopic (exact) mass is 203 g/mol. The summed E-state index contributed by atoms with van der Waals surface area (Å²) in [7, 11) is 1.69. The van der Waals surface area contributed by atoms with E-state index < -0.39 is 0 Å². The van der Waals surface area contributed by atoms with Crippen LogP contribution in [0.15, 0.2) is 36.0 Å². The minimum Gasteiger partial charge on any atom is -0.497 e. The van der Waals surface area contributed by atoms with Gasteiger partial charge in [-0.1, -0.05) is 12.1 Å². The maximum atomic E-state index is 5.18. The van der Waals surface area contributed by atoms with Crippen molar-refractivity contribution in [3.63, 3.8) is 0 Å². The van der Waals surface area contributed by atoms with E-state index in [0.717, 1.165) is 17.9 Å². The van der Waals surface area contributed by atoms with E-state index in [9.17, 15) is 0 Å². The number of ether oxygens (including phenoxy) is 1. The zero-order valence-corrected chi connectivity index (χ0v) is 9.12. The third-order valence-corrected chi connectivity index (χ3v) is 2.67. The molecule has 0 radical (unpaired) electrons. The average molecular weight is 203 g/mol. The fourth-order valence-electron chi connectivity index (χ4n) is 1.84. The minimum absolute atomic E-state index is 0.899. The topological polar surface area (TPSA) is 21.3 Å². The number of nitrogens with one attached hydrogen (secondary N) is 1. The van der Waals surface area contributed by atoms with Gasteiger partial charge in [-0.2, -0.15) is 0 Å². The largest absolute Gasteiger partial charge is 0.497 e. The van der Waals surface area contributed by atoms with Crippen LogP contribution in [0.25, 0.3) is 0 Å². The molecular formula is C13H17NO. The zero-order chi connectivity index (χ0) is 10.5. The SMILES string of the molecule is COc1cccc(NC2=CCCCC2)c1. The van der Waals surface area contributed by atoms with Crippen LogP contribution in [0, 0.1) is 0 Å². The van der Waals surface area contributed by atoms with Crippen molar-refractivity contribution < 1.29 is 4.74 Å². The Bertz CT molecular complexity index is 357. The molecule has 0 spiro atoms. The lowest BCUT2D eigenvalue weighted by Gasteiger charge is -2.15. The summed E-state index contributed by atoms with van der Waals surface area (Å²) in [4.78, 5) is 0. The minimum atomic E-state index is 0.899.